The van der Waals surface area contributed by atoms with E-state index in [0.29, 0.717) is 11.3 Å². The molecule has 1 aromatic carbocycles. The van der Waals surface area contributed by atoms with Crippen LogP contribution in [0.5, 0.6) is 0 Å². The van der Waals surface area contributed by atoms with E-state index in [-0.39, 0.29) is 30.5 Å². The Kier molecular flexibility index (Phi) is 4.92. The first-order valence-corrected chi connectivity index (χ1v) is 8.67. The predicted molar refractivity (Wildman–Crippen MR) is 93.6 cm³/mol. The number of nitrogens with zero attached hydrogens (tertiary/aromatic N) is 1. The Labute approximate surface area is 146 Å². The van der Waals surface area contributed by atoms with Crippen LogP contribution in [0.2, 0.25) is 0 Å². The Balaban J connectivity index is 1.66. The molecule has 2 heterocycles. The van der Waals surface area contributed by atoms with Crippen LogP contribution in [0.1, 0.15) is 43.5 Å². The fourth-order valence-electron chi connectivity index (χ4n) is 3.19. The number of carbonyl (C=O) groups excluding carboxylic acids is 3. The van der Waals surface area contributed by atoms with Gasteiger partial charge in [0.1, 0.15) is 6.04 Å². The zero-order chi connectivity index (χ0) is 18.0. The third-order valence-electron chi connectivity index (χ3n) is 4.71. The summed E-state index contributed by atoms with van der Waals surface area (Å²) >= 11 is 0. The summed E-state index contributed by atoms with van der Waals surface area (Å²) in [5.74, 6) is -0.947. The van der Waals surface area contributed by atoms with Gasteiger partial charge in [-0.1, -0.05) is 6.92 Å². The number of rotatable bonds is 5. The smallest absolute Gasteiger partial charge is 0.338 e. The molecule has 0 unspecified atom stereocenters. The van der Waals surface area contributed by atoms with Crippen molar-refractivity contribution >= 4 is 29.2 Å². The Hall–Kier alpha value is -2.57. The summed E-state index contributed by atoms with van der Waals surface area (Å²) < 4.78 is 5.06. The van der Waals surface area contributed by atoms with Crippen molar-refractivity contribution in [1.29, 1.82) is 0 Å². The van der Waals surface area contributed by atoms with Gasteiger partial charge in [-0.3, -0.25) is 9.59 Å². The average molecular weight is 345 g/mol. The number of hydrogen-bond acceptors (Lipinski definition) is 5. The third kappa shape index (κ3) is 3.60. The van der Waals surface area contributed by atoms with Gasteiger partial charge in [0.2, 0.25) is 5.91 Å². The van der Waals surface area contributed by atoms with Crippen LogP contribution < -0.4 is 15.5 Å². The third-order valence-corrected chi connectivity index (χ3v) is 4.71. The highest BCUT2D eigenvalue weighted by molar-refractivity contribution is 6.05. The molecule has 0 spiro atoms. The molecule has 0 saturated carbocycles. The lowest BCUT2D eigenvalue weighted by molar-refractivity contribution is -0.124. The molecule has 0 aliphatic carbocycles. The molecule has 0 radical (unpaired) electrons. The number of fused-ring (bicyclic) bond motifs is 3. The molecule has 7 nitrogen and oxygen atoms in total. The second-order valence-corrected chi connectivity index (χ2v) is 6.53. The summed E-state index contributed by atoms with van der Waals surface area (Å²) in [5.41, 5.74) is 1.85. The molecule has 134 valence electrons. The molecule has 0 bridgehead atoms. The van der Waals surface area contributed by atoms with Gasteiger partial charge in [-0.05, 0) is 44.4 Å². The fraction of sp³-hybridized carbons (Fsp3) is 0.500. The van der Waals surface area contributed by atoms with Gasteiger partial charge >= 0.3 is 5.97 Å². The Morgan fingerprint density at radius 3 is 3.00 bits per heavy atom. The summed E-state index contributed by atoms with van der Waals surface area (Å²) in [6, 6.07) is 5.02. The first-order chi connectivity index (χ1) is 12.0. The van der Waals surface area contributed by atoms with Crippen molar-refractivity contribution < 1.29 is 19.1 Å². The van der Waals surface area contributed by atoms with Gasteiger partial charge in [0, 0.05) is 12.6 Å². The van der Waals surface area contributed by atoms with Crippen LogP contribution >= 0.6 is 0 Å². The van der Waals surface area contributed by atoms with E-state index in [0.717, 1.165) is 31.5 Å². The number of nitrogens with one attached hydrogen (secondary N) is 2. The number of carbonyl (C=O) groups is 3. The normalized spacial score (nSPS) is 19.5. The fourth-order valence-corrected chi connectivity index (χ4v) is 3.19. The van der Waals surface area contributed by atoms with Crippen LogP contribution in [0.15, 0.2) is 18.2 Å². The maximum Gasteiger partial charge on any atom is 0.338 e. The lowest BCUT2D eigenvalue weighted by Crippen LogP contribution is -2.43. The summed E-state index contributed by atoms with van der Waals surface area (Å²) in [6.07, 6.45) is 2.63. The molecule has 2 atom stereocenters. The summed E-state index contributed by atoms with van der Waals surface area (Å²) in [4.78, 5) is 38.1. The lowest BCUT2D eigenvalue weighted by atomic mass is 10.1. The highest BCUT2D eigenvalue weighted by atomic mass is 16.5. The van der Waals surface area contributed by atoms with Gasteiger partial charge in [0.25, 0.3) is 5.91 Å². The lowest BCUT2D eigenvalue weighted by Gasteiger charge is -2.33. The van der Waals surface area contributed by atoms with Crippen LogP contribution in [-0.4, -0.2) is 43.0 Å². The quantitative estimate of drug-likeness (QED) is 0.793. The minimum atomic E-state index is -0.583. The van der Waals surface area contributed by atoms with E-state index in [9.17, 15) is 14.4 Å². The van der Waals surface area contributed by atoms with E-state index in [1.54, 1.807) is 12.1 Å². The Morgan fingerprint density at radius 2 is 2.24 bits per heavy atom. The van der Waals surface area contributed by atoms with Crippen molar-refractivity contribution in [3.8, 4) is 0 Å². The molecule has 0 aromatic heterocycles. The molecule has 2 amide bonds. The van der Waals surface area contributed by atoms with E-state index in [1.807, 2.05) is 19.9 Å². The summed E-state index contributed by atoms with van der Waals surface area (Å²) in [7, 11) is 0. The van der Waals surface area contributed by atoms with Crippen LogP contribution in [0.3, 0.4) is 0 Å². The molecule has 2 aliphatic rings. The van der Waals surface area contributed by atoms with E-state index in [2.05, 4.69) is 15.5 Å². The van der Waals surface area contributed by atoms with Crippen molar-refractivity contribution in [3.05, 3.63) is 23.8 Å². The first kappa shape index (κ1) is 17.3. The average Bonchev–Trinajstić information content (AvgIpc) is 3.09. The van der Waals surface area contributed by atoms with Crippen molar-refractivity contribution in [1.82, 2.24) is 5.32 Å². The highest BCUT2D eigenvalue weighted by Crippen LogP contribution is 2.37. The standard InChI is InChI=1S/C18H23N3O4/c1-3-11(2)19-16(22)10-25-18(24)12-6-7-14-13(9-12)20-17(23)15-5-4-8-21(14)15/h6-7,9,11,15H,3-5,8,10H2,1-2H3,(H,19,22)(H,20,23)/t11-,15-/m0/s1. The topological polar surface area (TPSA) is 87.7 Å². The van der Waals surface area contributed by atoms with E-state index in [4.69, 9.17) is 4.74 Å². The minimum absolute atomic E-state index is 0.0385. The van der Waals surface area contributed by atoms with Crippen molar-refractivity contribution in [2.45, 2.75) is 45.2 Å². The van der Waals surface area contributed by atoms with Gasteiger partial charge < -0.3 is 20.3 Å². The molecular weight excluding hydrogens is 322 g/mol. The molecule has 1 saturated heterocycles. The van der Waals surface area contributed by atoms with Gasteiger partial charge in [-0.2, -0.15) is 0 Å². The second kappa shape index (κ2) is 7.13. The van der Waals surface area contributed by atoms with E-state index >= 15 is 0 Å². The number of anilines is 2. The zero-order valence-electron chi connectivity index (χ0n) is 14.5. The largest absolute Gasteiger partial charge is 0.452 e. The molecule has 25 heavy (non-hydrogen) atoms. The molecule has 2 N–H and O–H groups in total. The Bertz CT molecular complexity index is 704. The van der Waals surface area contributed by atoms with Gasteiger partial charge in [0.15, 0.2) is 6.61 Å². The maximum absolute atomic E-state index is 12.2. The SMILES string of the molecule is CC[C@H](C)NC(=O)COC(=O)c1ccc2c(c1)NC(=O)[C@@H]1CCCN21. The van der Waals surface area contributed by atoms with Crippen LogP contribution in [-0.2, 0) is 14.3 Å². The molecule has 1 aromatic rings. The Morgan fingerprint density at radius 1 is 1.44 bits per heavy atom. The van der Waals surface area contributed by atoms with Gasteiger partial charge in [0.05, 0.1) is 16.9 Å². The molecule has 1 fully saturated rings. The monoisotopic (exact) mass is 345 g/mol. The molecule has 7 heteroatoms. The van der Waals surface area contributed by atoms with Crippen LogP contribution in [0, 0.1) is 0 Å². The van der Waals surface area contributed by atoms with Crippen molar-refractivity contribution in [2.75, 3.05) is 23.4 Å². The number of benzene rings is 1. The van der Waals surface area contributed by atoms with E-state index in [1.165, 1.54) is 0 Å². The number of ether oxygens (including phenoxy) is 1. The van der Waals surface area contributed by atoms with Gasteiger partial charge in [-0.25, -0.2) is 4.79 Å². The van der Waals surface area contributed by atoms with Crippen LogP contribution in [0.4, 0.5) is 11.4 Å². The van der Waals surface area contributed by atoms with E-state index < -0.39 is 5.97 Å². The molecule has 3 rings (SSSR count). The first-order valence-electron chi connectivity index (χ1n) is 8.67. The summed E-state index contributed by atoms with van der Waals surface area (Å²) in [5, 5.41) is 5.59. The van der Waals surface area contributed by atoms with Crippen LogP contribution in [0.25, 0.3) is 0 Å². The molecular formula is C18H23N3O4. The highest BCUT2D eigenvalue weighted by Gasteiger charge is 2.36. The number of esters is 1. The second-order valence-electron chi connectivity index (χ2n) is 6.53. The molecule has 2 aliphatic heterocycles. The zero-order valence-corrected chi connectivity index (χ0v) is 14.5. The van der Waals surface area contributed by atoms with Gasteiger partial charge in [-0.15, -0.1) is 0 Å². The number of hydrogen-bond donors (Lipinski definition) is 2. The van der Waals surface area contributed by atoms with Crippen molar-refractivity contribution in [2.24, 2.45) is 0 Å². The maximum atomic E-state index is 12.2. The van der Waals surface area contributed by atoms with Crippen molar-refractivity contribution in [3.63, 3.8) is 0 Å². The minimum Gasteiger partial charge on any atom is -0.452 e. The number of amides is 2. The predicted octanol–water partition coefficient (Wildman–Crippen LogP) is 1.68. The summed E-state index contributed by atoms with van der Waals surface area (Å²) in [6.45, 7) is 4.37.